The first kappa shape index (κ1) is 17.5. The summed E-state index contributed by atoms with van der Waals surface area (Å²) in [6.45, 7) is 16.4. The Labute approximate surface area is 136 Å². The molecule has 0 fully saturated rings. The van der Waals surface area contributed by atoms with E-state index in [0.717, 1.165) is 5.56 Å². The molecular weight excluding hydrogens is 272 g/mol. The van der Waals surface area contributed by atoms with E-state index < -0.39 is 0 Å². The molecule has 0 aliphatic heterocycles. The van der Waals surface area contributed by atoms with Gasteiger partial charge in [-0.1, -0.05) is 47.6 Å². The van der Waals surface area contributed by atoms with Gasteiger partial charge in [-0.25, -0.2) is 0 Å². The van der Waals surface area contributed by atoms with E-state index >= 15 is 0 Å². The molecule has 2 heteroatoms. The number of aryl methyl sites for hydroxylation is 1. The zero-order valence-electron chi connectivity index (χ0n) is 15.7. The van der Waals surface area contributed by atoms with E-state index in [1.807, 2.05) is 0 Å². The van der Waals surface area contributed by atoms with Gasteiger partial charge >= 0.3 is 0 Å². The summed E-state index contributed by atoms with van der Waals surface area (Å²) >= 11 is 0. The van der Waals surface area contributed by atoms with E-state index in [9.17, 15) is 0 Å². The number of methoxy groups -OCH3 is 2. The number of hydrogen-bond acceptors (Lipinski definition) is 2. The van der Waals surface area contributed by atoms with Crippen LogP contribution in [0.3, 0.4) is 0 Å². The number of fused-ring (bicyclic) bond motifs is 1. The number of rotatable bonds is 3. The molecule has 1 aliphatic carbocycles. The summed E-state index contributed by atoms with van der Waals surface area (Å²) < 4.78 is 11.0. The Morgan fingerprint density at radius 3 is 1.68 bits per heavy atom. The molecule has 2 atom stereocenters. The monoisotopic (exact) mass is 304 g/mol. The van der Waals surface area contributed by atoms with E-state index in [4.69, 9.17) is 9.47 Å². The van der Waals surface area contributed by atoms with Gasteiger partial charge in [0.1, 0.15) is 0 Å². The Kier molecular flexibility index (Phi) is 4.49. The van der Waals surface area contributed by atoms with Gasteiger partial charge in [0.15, 0.2) is 6.29 Å². The fourth-order valence-electron chi connectivity index (χ4n) is 4.14. The van der Waals surface area contributed by atoms with Crippen LogP contribution in [-0.2, 0) is 20.3 Å². The maximum atomic E-state index is 5.50. The van der Waals surface area contributed by atoms with Crippen LogP contribution in [-0.4, -0.2) is 14.2 Å². The van der Waals surface area contributed by atoms with Gasteiger partial charge in [0, 0.05) is 19.8 Å². The number of ether oxygens (including phenoxy) is 2. The van der Waals surface area contributed by atoms with Crippen molar-refractivity contribution in [3.63, 3.8) is 0 Å². The summed E-state index contributed by atoms with van der Waals surface area (Å²) in [6.07, 6.45) is -0.293. The van der Waals surface area contributed by atoms with Gasteiger partial charge in [-0.15, -0.1) is 0 Å². The molecule has 2 nitrogen and oxygen atoms in total. The van der Waals surface area contributed by atoms with Gasteiger partial charge in [-0.05, 0) is 52.3 Å². The van der Waals surface area contributed by atoms with Crippen molar-refractivity contribution in [3.05, 3.63) is 34.4 Å². The fourth-order valence-corrected chi connectivity index (χ4v) is 4.14. The van der Waals surface area contributed by atoms with Gasteiger partial charge in [-0.3, -0.25) is 0 Å². The Balaban J connectivity index is 2.72. The van der Waals surface area contributed by atoms with Crippen molar-refractivity contribution in [1.82, 2.24) is 0 Å². The lowest BCUT2D eigenvalue weighted by Gasteiger charge is -2.51. The summed E-state index contributed by atoms with van der Waals surface area (Å²) in [5.41, 5.74) is 5.66. The average molecular weight is 304 g/mol. The molecule has 0 spiro atoms. The molecule has 1 aromatic rings. The lowest BCUT2D eigenvalue weighted by Crippen LogP contribution is -2.47. The fraction of sp³-hybridized carbons (Fsp3) is 0.700. The third kappa shape index (κ3) is 2.41. The van der Waals surface area contributed by atoms with Crippen LogP contribution < -0.4 is 0 Å². The second kappa shape index (κ2) is 5.65. The molecular formula is C20H32O2. The van der Waals surface area contributed by atoms with Gasteiger partial charge in [-0.2, -0.15) is 0 Å². The molecule has 0 amide bonds. The maximum absolute atomic E-state index is 5.50. The van der Waals surface area contributed by atoms with Gasteiger partial charge in [0.05, 0.1) is 0 Å². The SMILES string of the molecule is COC(OC)c1cc2c(cc1C)C(C)(C)[C@H](C)[C@H](C)C2(C)C. The smallest absolute Gasteiger partial charge is 0.183 e. The highest BCUT2D eigenvalue weighted by Gasteiger charge is 2.47. The highest BCUT2D eigenvalue weighted by atomic mass is 16.7. The van der Waals surface area contributed by atoms with E-state index in [1.54, 1.807) is 14.2 Å². The molecule has 1 aliphatic rings. The van der Waals surface area contributed by atoms with Crippen LogP contribution in [0.25, 0.3) is 0 Å². The van der Waals surface area contributed by atoms with Crippen LogP contribution in [0, 0.1) is 18.8 Å². The van der Waals surface area contributed by atoms with E-state index in [0.29, 0.717) is 11.8 Å². The van der Waals surface area contributed by atoms with Crippen molar-refractivity contribution in [2.75, 3.05) is 14.2 Å². The highest BCUT2D eigenvalue weighted by Crippen LogP contribution is 2.53. The van der Waals surface area contributed by atoms with Crippen LogP contribution in [0.5, 0.6) is 0 Å². The Hall–Kier alpha value is -0.860. The van der Waals surface area contributed by atoms with Crippen LogP contribution in [0.2, 0.25) is 0 Å². The molecule has 1 aromatic carbocycles. The van der Waals surface area contributed by atoms with Crippen LogP contribution in [0.15, 0.2) is 12.1 Å². The normalized spacial score (nSPS) is 26.1. The molecule has 0 saturated carbocycles. The van der Waals surface area contributed by atoms with Crippen molar-refractivity contribution in [2.24, 2.45) is 11.8 Å². The zero-order chi connectivity index (χ0) is 16.9. The Morgan fingerprint density at radius 1 is 0.864 bits per heavy atom. The van der Waals surface area contributed by atoms with Gasteiger partial charge < -0.3 is 9.47 Å². The van der Waals surface area contributed by atoms with E-state index in [-0.39, 0.29) is 17.1 Å². The van der Waals surface area contributed by atoms with E-state index in [1.165, 1.54) is 16.7 Å². The summed E-state index contributed by atoms with van der Waals surface area (Å²) in [5, 5.41) is 0. The third-order valence-electron chi connectivity index (χ3n) is 6.50. The molecule has 0 saturated heterocycles. The van der Waals surface area contributed by atoms with Crippen molar-refractivity contribution < 1.29 is 9.47 Å². The molecule has 0 radical (unpaired) electrons. The molecule has 124 valence electrons. The second-order valence-corrected chi connectivity index (χ2v) is 8.08. The molecule has 2 rings (SSSR count). The predicted molar refractivity (Wildman–Crippen MR) is 92.3 cm³/mol. The third-order valence-corrected chi connectivity index (χ3v) is 6.50. The first-order valence-corrected chi connectivity index (χ1v) is 8.30. The summed E-state index contributed by atoms with van der Waals surface area (Å²) in [6, 6.07) is 4.69. The predicted octanol–water partition coefficient (Wildman–Crippen LogP) is 5.13. The van der Waals surface area contributed by atoms with Gasteiger partial charge in [0.25, 0.3) is 0 Å². The lowest BCUT2D eigenvalue weighted by molar-refractivity contribution is -0.106. The van der Waals surface area contributed by atoms with Crippen molar-refractivity contribution in [3.8, 4) is 0 Å². The van der Waals surface area contributed by atoms with Crippen molar-refractivity contribution in [1.29, 1.82) is 0 Å². The minimum absolute atomic E-state index is 0.152. The maximum Gasteiger partial charge on any atom is 0.183 e. The van der Waals surface area contributed by atoms with Crippen LogP contribution in [0.4, 0.5) is 0 Å². The standard InChI is InChI=1S/C20H32O2/c1-12-10-16-17(11-15(12)18(21-8)22-9)20(6,7)14(3)13(2)19(16,4)5/h10-11,13-14,18H,1-9H3/t13-,14+/m1/s1. The Morgan fingerprint density at radius 2 is 1.27 bits per heavy atom. The largest absolute Gasteiger partial charge is 0.352 e. The molecule has 22 heavy (non-hydrogen) atoms. The first-order valence-electron chi connectivity index (χ1n) is 8.30. The molecule has 0 heterocycles. The quantitative estimate of drug-likeness (QED) is 0.721. The Bertz CT molecular complexity index is 553. The molecule has 0 N–H and O–H groups in total. The van der Waals surface area contributed by atoms with Crippen molar-refractivity contribution >= 4 is 0 Å². The molecule has 0 aromatic heterocycles. The first-order chi connectivity index (χ1) is 10.1. The summed E-state index contributed by atoms with van der Waals surface area (Å²) in [5.74, 6) is 1.26. The zero-order valence-corrected chi connectivity index (χ0v) is 15.7. The minimum Gasteiger partial charge on any atom is -0.352 e. The minimum atomic E-state index is -0.293. The summed E-state index contributed by atoms with van der Waals surface area (Å²) in [4.78, 5) is 0. The van der Waals surface area contributed by atoms with Crippen LogP contribution in [0.1, 0.15) is 70.1 Å². The topological polar surface area (TPSA) is 18.5 Å². The molecule has 0 bridgehead atoms. The van der Waals surface area contributed by atoms with Crippen molar-refractivity contribution in [2.45, 2.75) is 65.6 Å². The number of hydrogen-bond donors (Lipinski definition) is 0. The highest BCUT2D eigenvalue weighted by molar-refractivity contribution is 5.48. The molecule has 0 unspecified atom stereocenters. The summed E-state index contributed by atoms with van der Waals surface area (Å²) in [7, 11) is 3.40. The average Bonchev–Trinajstić information content (AvgIpc) is 2.46. The van der Waals surface area contributed by atoms with Gasteiger partial charge in [0.2, 0.25) is 0 Å². The second-order valence-electron chi connectivity index (χ2n) is 8.08. The van der Waals surface area contributed by atoms with Crippen LogP contribution >= 0.6 is 0 Å². The van der Waals surface area contributed by atoms with E-state index in [2.05, 4.69) is 60.6 Å². The number of benzene rings is 1. The lowest BCUT2D eigenvalue weighted by atomic mass is 9.53.